The highest BCUT2D eigenvalue weighted by Crippen LogP contribution is 2.37. The van der Waals surface area contributed by atoms with Gasteiger partial charge in [-0.25, -0.2) is 4.52 Å². The summed E-state index contributed by atoms with van der Waals surface area (Å²) in [5.41, 5.74) is 4.89. The van der Waals surface area contributed by atoms with E-state index in [-0.39, 0.29) is 23.9 Å². The predicted molar refractivity (Wildman–Crippen MR) is 118 cm³/mol. The van der Waals surface area contributed by atoms with E-state index in [0.29, 0.717) is 30.1 Å². The fraction of sp³-hybridized carbons (Fsp3) is 0.217. The van der Waals surface area contributed by atoms with Crippen molar-refractivity contribution < 1.29 is 14.6 Å². The van der Waals surface area contributed by atoms with E-state index in [1.807, 2.05) is 36.4 Å². The topological polar surface area (TPSA) is 89.6 Å². The van der Waals surface area contributed by atoms with Crippen molar-refractivity contribution in [1.29, 1.82) is 0 Å². The van der Waals surface area contributed by atoms with Gasteiger partial charge in [-0.3, -0.25) is 4.79 Å². The number of ketones is 1. The maximum Gasteiger partial charge on any atom is 0.185 e. The van der Waals surface area contributed by atoms with Crippen LogP contribution in [0.5, 0.6) is 5.75 Å². The van der Waals surface area contributed by atoms with Crippen LogP contribution >= 0.6 is 15.9 Å². The monoisotopic (exact) mass is 478 g/mol. The second kappa shape index (κ2) is 7.86. The number of phenolic OH excluding ortho intramolecular Hbond substituents is 1. The van der Waals surface area contributed by atoms with E-state index in [0.717, 1.165) is 26.9 Å². The maximum atomic E-state index is 12.9. The van der Waals surface area contributed by atoms with Gasteiger partial charge >= 0.3 is 0 Å². The molecule has 0 bridgehead atoms. The van der Waals surface area contributed by atoms with Crippen molar-refractivity contribution in [2.45, 2.75) is 25.4 Å². The summed E-state index contributed by atoms with van der Waals surface area (Å²) in [7, 11) is 1.62. The van der Waals surface area contributed by atoms with Gasteiger partial charge in [0.15, 0.2) is 17.1 Å². The van der Waals surface area contributed by atoms with Gasteiger partial charge in [0.2, 0.25) is 0 Å². The van der Waals surface area contributed by atoms with Crippen LogP contribution in [0, 0.1) is 0 Å². The van der Waals surface area contributed by atoms with Crippen LogP contribution in [-0.2, 0) is 17.8 Å². The zero-order valence-corrected chi connectivity index (χ0v) is 18.3. The Balaban J connectivity index is 1.69. The first-order valence-corrected chi connectivity index (χ1v) is 10.7. The summed E-state index contributed by atoms with van der Waals surface area (Å²) in [6, 6.07) is 15.0. The van der Waals surface area contributed by atoms with E-state index in [2.05, 4.69) is 26.1 Å². The van der Waals surface area contributed by atoms with Gasteiger partial charge in [-0.05, 0) is 35.7 Å². The number of hydrogen-bond acceptors (Lipinski definition) is 6. The number of nitrogens with zero attached hydrogens (tertiary/aromatic N) is 4. The van der Waals surface area contributed by atoms with Crippen LogP contribution in [0.2, 0.25) is 0 Å². The van der Waals surface area contributed by atoms with Crippen LogP contribution in [0.4, 0.5) is 0 Å². The highest BCUT2D eigenvalue weighted by atomic mass is 79.9. The molecule has 0 amide bonds. The van der Waals surface area contributed by atoms with E-state index in [9.17, 15) is 9.90 Å². The number of carbonyl (C=O) groups is 1. The second-order valence-electron chi connectivity index (χ2n) is 7.58. The molecule has 2 aromatic carbocycles. The third-order valence-electron chi connectivity index (χ3n) is 5.63. The van der Waals surface area contributed by atoms with Gasteiger partial charge in [-0.2, -0.15) is 5.10 Å². The summed E-state index contributed by atoms with van der Waals surface area (Å²) in [6.07, 6.45) is 0.801. The number of phenols is 1. The number of para-hydroxylation sites is 1. The molecule has 7 nitrogen and oxygen atoms in total. The quantitative estimate of drug-likeness (QED) is 0.469. The van der Waals surface area contributed by atoms with Crippen LogP contribution in [0.1, 0.15) is 39.8 Å². The Labute approximate surface area is 186 Å². The summed E-state index contributed by atoms with van der Waals surface area (Å²) < 4.78 is 8.07. The van der Waals surface area contributed by atoms with Crippen LogP contribution in [0.3, 0.4) is 0 Å². The van der Waals surface area contributed by atoms with Crippen molar-refractivity contribution in [3.8, 4) is 16.9 Å². The molecule has 0 aliphatic heterocycles. The van der Waals surface area contributed by atoms with Crippen LogP contribution in [0.25, 0.3) is 16.8 Å². The number of benzene rings is 2. The van der Waals surface area contributed by atoms with E-state index in [4.69, 9.17) is 9.84 Å². The van der Waals surface area contributed by atoms with E-state index in [1.165, 1.54) is 0 Å². The van der Waals surface area contributed by atoms with Crippen LogP contribution in [0.15, 0.2) is 53.0 Å². The number of rotatable bonds is 4. The fourth-order valence-electron chi connectivity index (χ4n) is 4.22. The third-order valence-corrected chi connectivity index (χ3v) is 6.16. The SMILES string of the molecule is COCc1nn2c3c(nnc2c1-c1ccc(Br)cc1)C(=O)C[C@H](c1ccccc1O)C3. The summed E-state index contributed by atoms with van der Waals surface area (Å²) in [5, 5.41) is 23.7. The number of ether oxygens (including phenoxy) is 1. The minimum atomic E-state index is -0.153. The average molecular weight is 479 g/mol. The summed E-state index contributed by atoms with van der Waals surface area (Å²) >= 11 is 3.47. The van der Waals surface area contributed by atoms with Gasteiger partial charge in [-0.1, -0.05) is 46.3 Å². The smallest absolute Gasteiger partial charge is 0.185 e. The summed E-state index contributed by atoms with van der Waals surface area (Å²) in [4.78, 5) is 12.9. The molecule has 0 radical (unpaired) electrons. The Bertz CT molecular complexity index is 1300. The number of aromatic hydroxyl groups is 1. The molecule has 0 unspecified atom stereocenters. The number of Topliss-reactive ketones (excluding diaryl/α,β-unsaturated/α-hetero) is 1. The van der Waals surface area contributed by atoms with E-state index < -0.39 is 0 Å². The molecule has 1 N–H and O–H groups in total. The number of carbonyl (C=O) groups excluding carboxylic acids is 1. The number of hydrogen-bond donors (Lipinski definition) is 1. The lowest BCUT2D eigenvalue weighted by Crippen LogP contribution is -2.24. The van der Waals surface area contributed by atoms with E-state index in [1.54, 1.807) is 23.8 Å². The van der Waals surface area contributed by atoms with Crippen molar-refractivity contribution in [1.82, 2.24) is 19.8 Å². The minimum absolute atomic E-state index is 0.0992. The normalized spacial score (nSPS) is 15.9. The first-order chi connectivity index (χ1) is 15.1. The predicted octanol–water partition coefficient (Wildman–Crippen LogP) is 4.32. The van der Waals surface area contributed by atoms with Crippen molar-refractivity contribution in [2.75, 3.05) is 7.11 Å². The number of methoxy groups -OCH3 is 1. The number of fused-ring (bicyclic) bond motifs is 3. The fourth-order valence-corrected chi connectivity index (χ4v) is 4.48. The second-order valence-corrected chi connectivity index (χ2v) is 8.50. The highest BCUT2D eigenvalue weighted by molar-refractivity contribution is 9.10. The molecule has 31 heavy (non-hydrogen) atoms. The molecule has 2 heterocycles. The van der Waals surface area contributed by atoms with Gasteiger partial charge in [-0.15, -0.1) is 10.2 Å². The van der Waals surface area contributed by atoms with Gasteiger partial charge in [0, 0.05) is 23.9 Å². The number of halogens is 1. The Morgan fingerprint density at radius 3 is 2.65 bits per heavy atom. The first-order valence-electron chi connectivity index (χ1n) is 9.90. The molecule has 1 aliphatic rings. The molecule has 2 aromatic heterocycles. The molecule has 4 aromatic rings. The highest BCUT2D eigenvalue weighted by Gasteiger charge is 2.32. The van der Waals surface area contributed by atoms with Crippen molar-refractivity contribution in [3.05, 3.63) is 75.6 Å². The molecule has 156 valence electrons. The first kappa shape index (κ1) is 19.8. The molecule has 0 spiro atoms. The van der Waals surface area contributed by atoms with Crippen molar-refractivity contribution >= 4 is 27.4 Å². The third kappa shape index (κ3) is 3.41. The van der Waals surface area contributed by atoms with Gasteiger partial charge < -0.3 is 9.84 Å². The zero-order chi connectivity index (χ0) is 21.5. The molecule has 1 aliphatic carbocycles. The summed E-state index contributed by atoms with van der Waals surface area (Å²) in [5.74, 6) is -0.0595. The van der Waals surface area contributed by atoms with Crippen LogP contribution in [-0.4, -0.2) is 37.8 Å². The van der Waals surface area contributed by atoms with Crippen LogP contribution < -0.4 is 0 Å². The Morgan fingerprint density at radius 2 is 1.90 bits per heavy atom. The standard InChI is InChI=1S/C23H19BrN4O3/c1-31-12-17-21(13-6-8-15(24)9-7-13)23-26-25-22-18(28(23)27-17)10-14(11-20(22)30)16-4-2-3-5-19(16)29/h2-9,14,29H,10-12H2,1H3/t14-/m1/s1. The minimum Gasteiger partial charge on any atom is -0.508 e. The molecule has 0 saturated heterocycles. The maximum absolute atomic E-state index is 12.9. The number of aromatic nitrogens is 4. The summed E-state index contributed by atoms with van der Waals surface area (Å²) in [6.45, 7) is 0.306. The van der Waals surface area contributed by atoms with Crippen molar-refractivity contribution in [3.63, 3.8) is 0 Å². The lowest BCUT2D eigenvalue weighted by atomic mass is 9.83. The lowest BCUT2D eigenvalue weighted by Gasteiger charge is -2.23. The van der Waals surface area contributed by atoms with E-state index >= 15 is 0 Å². The van der Waals surface area contributed by atoms with Gasteiger partial charge in [0.05, 0.1) is 23.6 Å². The molecule has 5 rings (SSSR count). The van der Waals surface area contributed by atoms with Crippen molar-refractivity contribution in [2.24, 2.45) is 0 Å². The molecule has 8 heteroatoms. The molecule has 0 fully saturated rings. The average Bonchev–Trinajstić information content (AvgIpc) is 3.13. The largest absolute Gasteiger partial charge is 0.508 e. The molecule has 1 atom stereocenters. The van der Waals surface area contributed by atoms with Gasteiger partial charge in [0.1, 0.15) is 5.75 Å². The zero-order valence-electron chi connectivity index (χ0n) is 16.7. The Kier molecular flexibility index (Phi) is 5.03. The molecular weight excluding hydrogens is 460 g/mol. The molecule has 0 saturated carbocycles. The lowest BCUT2D eigenvalue weighted by molar-refractivity contribution is 0.0955. The Hall–Kier alpha value is -3.10. The van der Waals surface area contributed by atoms with Gasteiger partial charge in [0.25, 0.3) is 0 Å². The molecular formula is C23H19BrN4O3. The Morgan fingerprint density at radius 1 is 1.13 bits per heavy atom.